The Balaban J connectivity index is 1.92. The smallest absolute Gasteiger partial charge is 0.338 e. The van der Waals surface area contributed by atoms with Crippen molar-refractivity contribution < 1.29 is 27.1 Å². The number of benzene rings is 2. The quantitative estimate of drug-likeness (QED) is 0.695. The zero-order valence-electron chi connectivity index (χ0n) is 14.7. The fourth-order valence-corrected chi connectivity index (χ4v) is 2.84. The molecule has 0 aromatic heterocycles. The van der Waals surface area contributed by atoms with Gasteiger partial charge in [0, 0.05) is 6.54 Å². The summed E-state index contributed by atoms with van der Waals surface area (Å²) < 4.78 is 43.4. The highest BCUT2D eigenvalue weighted by Gasteiger charge is 2.19. The fourth-order valence-electron chi connectivity index (χ4n) is 2.11. The molecule has 0 radical (unpaired) electrons. The minimum atomic E-state index is -3.60. The van der Waals surface area contributed by atoms with E-state index >= 15 is 0 Å². The Kier molecular flexibility index (Phi) is 6.65. The van der Waals surface area contributed by atoms with Crippen molar-refractivity contribution in [3.8, 4) is 0 Å². The van der Waals surface area contributed by atoms with Crippen LogP contribution in [0.4, 0.5) is 4.39 Å². The second kappa shape index (κ2) is 8.74. The third-order valence-electron chi connectivity index (χ3n) is 3.70. The van der Waals surface area contributed by atoms with Crippen LogP contribution in [0.25, 0.3) is 0 Å². The molecular formula is C18H19FN2O5S. The largest absolute Gasteiger partial charge is 0.449 e. The van der Waals surface area contributed by atoms with Crippen LogP contribution >= 0.6 is 0 Å². The van der Waals surface area contributed by atoms with Crippen molar-refractivity contribution in [2.75, 3.05) is 7.05 Å². The van der Waals surface area contributed by atoms with Crippen LogP contribution in [0.1, 0.15) is 22.8 Å². The molecule has 1 amide bonds. The summed E-state index contributed by atoms with van der Waals surface area (Å²) in [5.74, 6) is -1.64. The zero-order chi connectivity index (χ0) is 20.0. The van der Waals surface area contributed by atoms with E-state index in [9.17, 15) is 22.4 Å². The molecule has 27 heavy (non-hydrogen) atoms. The predicted octanol–water partition coefficient (Wildman–Crippen LogP) is 1.60. The summed E-state index contributed by atoms with van der Waals surface area (Å²) in [7, 11) is -2.32. The van der Waals surface area contributed by atoms with E-state index in [-0.39, 0.29) is 22.8 Å². The molecule has 0 spiro atoms. The average Bonchev–Trinajstić information content (AvgIpc) is 2.67. The lowest BCUT2D eigenvalue weighted by atomic mass is 10.2. The average molecular weight is 394 g/mol. The molecule has 0 saturated carbocycles. The summed E-state index contributed by atoms with van der Waals surface area (Å²) in [6.45, 7) is 1.58. The molecule has 2 aromatic rings. The highest BCUT2D eigenvalue weighted by atomic mass is 32.2. The van der Waals surface area contributed by atoms with Gasteiger partial charge < -0.3 is 10.1 Å². The van der Waals surface area contributed by atoms with Crippen molar-refractivity contribution in [2.45, 2.75) is 24.5 Å². The van der Waals surface area contributed by atoms with Crippen LogP contribution in [0.2, 0.25) is 0 Å². The SMILES string of the molecule is CNS(=O)(=O)c1ccc(C(=O)OC(C)C(=O)NCc2ccc(F)cc2)cc1. The summed E-state index contributed by atoms with van der Waals surface area (Å²) in [6.07, 6.45) is -1.06. The molecular weight excluding hydrogens is 375 g/mol. The van der Waals surface area contributed by atoms with Gasteiger partial charge in [0.1, 0.15) is 5.82 Å². The molecule has 0 fully saturated rings. The van der Waals surface area contributed by atoms with E-state index in [1.807, 2.05) is 0 Å². The highest BCUT2D eigenvalue weighted by Crippen LogP contribution is 2.12. The first-order valence-electron chi connectivity index (χ1n) is 7.99. The van der Waals surface area contributed by atoms with Crippen LogP contribution in [-0.4, -0.2) is 33.4 Å². The Labute approximate surface area is 156 Å². The second-order valence-corrected chi connectivity index (χ2v) is 7.51. The maximum Gasteiger partial charge on any atom is 0.338 e. The van der Waals surface area contributed by atoms with Crippen LogP contribution < -0.4 is 10.0 Å². The van der Waals surface area contributed by atoms with E-state index in [1.165, 1.54) is 62.5 Å². The van der Waals surface area contributed by atoms with Gasteiger partial charge in [0.2, 0.25) is 10.0 Å². The Morgan fingerprint density at radius 1 is 1.07 bits per heavy atom. The summed E-state index contributed by atoms with van der Waals surface area (Å²) in [5, 5.41) is 2.59. The van der Waals surface area contributed by atoms with E-state index in [0.717, 1.165) is 0 Å². The molecule has 0 heterocycles. The number of carbonyl (C=O) groups excluding carboxylic acids is 2. The first-order chi connectivity index (χ1) is 12.7. The maximum absolute atomic E-state index is 12.8. The normalized spacial score (nSPS) is 12.3. The summed E-state index contributed by atoms with van der Waals surface area (Å²) in [6, 6.07) is 10.8. The molecule has 2 rings (SSSR count). The van der Waals surface area contributed by atoms with Gasteiger partial charge in [0.25, 0.3) is 5.91 Å². The number of amides is 1. The molecule has 1 unspecified atom stereocenters. The topological polar surface area (TPSA) is 102 Å². The zero-order valence-corrected chi connectivity index (χ0v) is 15.5. The first-order valence-corrected chi connectivity index (χ1v) is 9.48. The number of ether oxygens (including phenoxy) is 1. The van der Waals surface area contributed by atoms with E-state index in [2.05, 4.69) is 10.0 Å². The molecule has 0 bridgehead atoms. The molecule has 1 atom stereocenters. The lowest BCUT2D eigenvalue weighted by Gasteiger charge is -2.14. The van der Waals surface area contributed by atoms with Crippen LogP contribution in [0.3, 0.4) is 0 Å². The van der Waals surface area contributed by atoms with Crippen molar-refractivity contribution in [1.29, 1.82) is 0 Å². The second-order valence-electron chi connectivity index (χ2n) is 5.62. The van der Waals surface area contributed by atoms with E-state index in [0.29, 0.717) is 5.56 Å². The minimum absolute atomic E-state index is 0.00615. The van der Waals surface area contributed by atoms with E-state index in [1.54, 1.807) is 0 Å². The number of hydrogen-bond acceptors (Lipinski definition) is 5. The van der Waals surface area contributed by atoms with Gasteiger partial charge in [0.05, 0.1) is 10.5 Å². The van der Waals surface area contributed by atoms with Crippen molar-refractivity contribution in [3.05, 3.63) is 65.5 Å². The Bertz CT molecular complexity index is 912. The molecule has 0 aliphatic carbocycles. The molecule has 0 aliphatic heterocycles. The number of hydrogen-bond donors (Lipinski definition) is 2. The number of rotatable bonds is 7. The molecule has 7 nitrogen and oxygen atoms in total. The Morgan fingerprint density at radius 2 is 1.67 bits per heavy atom. The lowest BCUT2D eigenvalue weighted by molar-refractivity contribution is -0.129. The molecule has 2 N–H and O–H groups in total. The van der Waals surface area contributed by atoms with Crippen molar-refractivity contribution in [1.82, 2.24) is 10.0 Å². The van der Waals surface area contributed by atoms with Gasteiger partial charge in [-0.05, 0) is 55.9 Å². The maximum atomic E-state index is 12.8. The highest BCUT2D eigenvalue weighted by molar-refractivity contribution is 7.89. The summed E-state index contributed by atoms with van der Waals surface area (Å²) >= 11 is 0. The van der Waals surface area contributed by atoms with Crippen LogP contribution in [0, 0.1) is 5.82 Å². The molecule has 2 aromatic carbocycles. The van der Waals surface area contributed by atoms with E-state index in [4.69, 9.17) is 4.74 Å². The number of sulfonamides is 1. The van der Waals surface area contributed by atoms with Gasteiger partial charge in [-0.1, -0.05) is 12.1 Å². The van der Waals surface area contributed by atoms with Crippen molar-refractivity contribution >= 4 is 21.9 Å². The number of halogens is 1. The predicted molar refractivity (Wildman–Crippen MR) is 95.8 cm³/mol. The first kappa shape index (κ1) is 20.5. The number of carbonyl (C=O) groups is 2. The third kappa shape index (κ3) is 5.60. The molecule has 9 heteroatoms. The van der Waals surface area contributed by atoms with Gasteiger partial charge in [0.15, 0.2) is 6.10 Å². The van der Waals surface area contributed by atoms with Crippen LogP contribution in [0.5, 0.6) is 0 Å². The van der Waals surface area contributed by atoms with Crippen molar-refractivity contribution in [2.24, 2.45) is 0 Å². The number of nitrogens with one attached hydrogen (secondary N) is 2. The van der Waals surface area contributed by atoms with Crippen molar-refractivity contribution in [3.63, 3.8) is 0 Å². The van der Waals surface area contributed by atoms with Gasteiger partial charge in [-0.15, -0.1) is 0 Å². The van der Waals surface area contributed by atoms with Gasteiger partial charge in [-0.2, -0.15) is 0 Å². The molecule has 0 saturated heterocycles. The van der Waals surface area contributed by atoms with Crippen LogP contribution in [0.15, 0.2) is 53.4 Å². The van der Waals surface area contributed by atoms with E-state index < -0.39 is 28.0 Å². The Morgan fingerprint density at radius 3 is 2.22 bits per heavy atom. The van der Waals surface area contributed by atoms with Gasteiger partial charge >= 0.3 is 5.97 Å². The third-order valence-corrected chi connectivity index (χ3v) is 5.13. The van der Waals surface area contributed by atoms with Gasteiger partial charge in [-0.3, -0.25) is 4.79 Å². The van der Waals surface area contributed by atoms with Crippen LogP contribution in [-0.2, 0) is 26.1 Å². The monoisotopic (exact) mass is 394 g/mol. The summed E-state index contributed by atoms with van der Waals surface area (Å²) in [5.41, 5.74) is 0.813. The standard InChI is InChI=1S/C18H19FN2O5S/c1-12(17(22)21-11-13-3-7-15(19)8-4-13)26-18(23)14-5-9-16(10-6-14)27(24,25)20-2/h3-10,12,20H,11H2,1-2H3,(H,21,22). The molecule has 0 aliphatic rings. The fraction of sp³-hybridized carbons (Fsp3) is 0.222. The molecule has 144 valence electrons. The lowest BCUT2D eigenvalue weighted by Crippen LogP contribution is -2.35. The summed E-state index contributed by atoms with van der Waals surface area (Å²) in [4.78, 5) is 24.1. The Hall–Kier alpha value is -2.78. The van der Waals surface area contributed by atoms with Gasteiger partial charge in [-0.25, -0.2) is 22.3 Å². The minimum Gasteiger partial charge on any atom is -0.449 e. The number of esters is 1.